The quantitative estimate of drug-likeness (QED) is 0.546. The van der Waals surface area contributed by atoms with Crippen LogP contribution in [0.2, 0.25) is 0 Å². The summed E-state index contributed by atoms with van der Waals surface area (Å²) in [5, 5.41) is 0. The summed E-state index contributed by atoms with van der Waals surface area (Å²) in [6, 6.07) is 9.71. The van der Waals surface area contributed by atoms with E-state index >= 15 is 0 Å². The van der Waals surface area contributed by atoms with E-state index in [0.717, 1.165) is 5.75 Å². The van der Waals surface area contributed by atoms with Crippen LogP contribution >= 0.6 is 11.6 Å². The minimum Gasteiger partial charge on any atom is -0.491 e. The van der Waals surface area contributed by atoms with E-state index in [2.05, 4.69) is 0 Å². The SMILES string of the molecule is ClC[C@H]1O[C@H]1COc1ccccc1. The van der Waals surface area contributed by atoms with Crippen LogP contribution in [0.25, 0.3) is 0 Å². The van der Waals surface area contributed by atoms with Crippen molar-refractivity contribution in [3.8, 4) is 5.75 Å². The highest BCUT2D eigenvalue weighted by Gasteiger charge is 2.38. The lowest BCUT2D eigenvalue weighted by Gasteiger charge is -2.02. The van der Waals surface area contributed by atoms with Crippen molar-refractivity contribution in [3.63, 3.8) is 0 Å². The summed E-state index contributed by atoms with van der Waals surface area (Å²) in [7, 11) is 0. The highest BCUT2D eigenvalue weighted by molar-refractivity contribution is 6.18. The molecule has 70 valence electrons. The molecule has 3 heteroatoms. The monoisotopic (exact) mass is 198 g/mol. The fraction of sp³-hybridized carbons (Fsp3) is 0.400. The molecule has 1 aliphatic heterocycles. The second-order valence-electron chi connectivity index (χ2n) is 2.99. The standard InChI is InChI=1S/C10H11ClO2/c11-6-9-10(13-9)7-12-8-4-2-1-3-5-8/h1-5,9-10H,6-7H2/t9-,10+/m1/s1. The summed E-state index contributed by atoms with van der Waals surface area (Å²) in [5.41, 5.74) is 0. The van der Waals surface area contributed by atoms with Gasteiger partial charge in [-0.15, -0.1) is 11.6 Å². The summed E-state index contributed by atoms with van der Waals surface area (Å²) in [6.07, 6.45) is 0.392. The highest BCUT2D eigenvalue weighted by Crippen LogP contribution is 2.24. The minimum atomic E-state index is 0.192. The first-order valence-electron chi connectivity index (χ1n) is 4.29. The van der Waals surface area contributed by atoms with Gasteiger partial charge in [0.15, 0.2) is 0 Å². The molecular formula is C10H11ClO2. The van der Waals surface area contributed by atoms with Gasteiger partial charge >= 0.3 is 0 Å². The van der Waals surface area contributed by atoms with Crippen molar-refractivity contribution in [3.05, 3.63) is 30.3 Å². The molecule has 13 heavy (non-hydrogen) atoms. The van der Waals surface area contributed by atoms with E-state index in [0.29, 0.717) is 12.5 Å². The molecule has 0 saturated carbocycles. The van der Waals surface area contributed by atoms with Crippen molar-refractivity contribution in [1.82, 2.24) is 0 Å². The van der Waals surface area contributed by atoms with Crippen LogP contribution in [0.15, 0.2) is 30.3 Å². The zero-order valence-electron chi connectivity index (χ0n) is 7.15. The maximum Gasteiger partial charge on any atom is 0.119 e. The van der Waals surface area contributed by atoms with Crippen LogP contribution < -0.4 is 4.74 Å². The summed E-state index contributed by atoms with van der Waals surface area (Å²) >= 11 is 5.59. The van der Waals surface area contributed by atoms with E-state index in [4.69, 9.17) is 21.1 Å². The highest BCUT2D eigenvalue weighted by atomic mass is 35.5. The summed E-state index contributed by atoms with van der Waals surface area (Å²) in [4.78, 5) is 0. The van der Waals surface area contributed by atoms with Crippen LogP contribution in [0.4, 0.5) is 0 Å². The van der Waals surface area contributed by atoms with Crippen molar-refractivity contribution in [2.45, 2.75) is 12.2 Å². The number of rotatable bonds is 4. The Kier molecular flexibility index (Phi) is 2.71. The van der Waals surface area contributed by atoms with Crippen LogP contribution in [0, 0.1) is 0 Å². The largest absolute Gasteiger partial charge is 0.491 e. The van der Waals surface area contributed by atoms with Crippen LogP contribution in [0.5, 0.6) is 5.75 Å². The number of para-hydroxylation sites is 1. The van der Waals surface area contributed by atoms with Crippen LogP contribution in [0.1, 0.15) is 0 Å². The predicted molar refractivity (Wildman–Crippen MR) is 51.3 cm³/mol. The van der Waals surface area contributed by atoms with Gasteiger partial charge in [-0.1, -0.05) is 18.2 Å². The van der Waals surface area contributed by atoms with Gasteiger partial charge in [0.1, 0.15) is 24.6 Å². The molecule has 1 aliphatic rings. The molecular weight excluding hydrogens is 188 g/mol. The molecule has 0 bridgehead atoms. The van der Waals surface area contributed by atoms with E-state index in [1.807, 2.05) is 30.3 Å². The average molecular weight is 199 g/mol. The van der Waals surface area contributed by atoms with Gasteiger partial charge in [0.05, 0.1) is 5.88 Å². The van der Waals surface area contributed by atoms with Gasteiger partial charge in [-0.05, 0) is 12.1 Å². The number of hydrogen-bond acceptors (Lipinski definition) is 2. The van der Waals surface area contributed by atoms with Gasteiger partial charge in [-0.25, -0.2) is 0 Å². The summed E-state index contributed by atoms with van der Waals surface area (Å²) in [6.45, 7) is 0.599. The third kappa shape index (κ3) is 2.36. The summed E-state index contributed by atoms with van der Waals surface area (Å²) in [5.74, 6) is 1.44. The maximum atomic E-state index is 5.59. The van der Waals surface area contributed by atoms with Crippen molar-refractivity contribution in [1.29, 1.82) is 0 Å². The maximum absolute atomic E-state index is 5.59. The lowest BCUT2D eigenvalue weighted by Crippen LogP contribution is -2.07. The van der Waals surface area contributed by atoms with E-state index < -0.39 is 0 Å². The van der Waals surface area contributed by atoms with Crippen molar-refractivity contribution in [2.75, 3.05) is 12.5 Å². The third-order valence-electron chi connectivity index (χ3n) is 2.00. The van der Waals surface area contributed by atoms with Crippen molar-refractivity contribution >= 4 is 11.6 Å². The number of ether oxygens (including phenoxy) is 2. The van der Waals surface area contributed by atoms with E-state index in [-0.39, 0.29) is 12.2 Å². The number of benzene rings is 1. The van der Waals surface area contributed by atoms with Crippen LogP contribution in [0.3, 0.4) is 0 Å². The molecule has 1 heterocycles. The van der Waals surface area contributed by atoms with Crippen molar-refractivity contribution < 1.29 is 9.47 Å². The Bertz CT molecular complexity index is 263. The molecule has 0 aromatic heterocycles. The second kappa shape index (κ2) is 3.99. The van der Waals surface area contributed by atoms with Gasteiger partial charge in [-0.2, -0.15) is 0 Å². The Morgan fingerprint density at radius 3 is 2.62 bits per heavy atom. The lowest BCUT2D eigenvalue weighted by atomic mass is 10.3. The van der Waals surface area contributed by atoms with Crippen molar-refractivity contribution in [2.24, 2.45) is 0 Å². The molecule has 0 unspecified atom stereocenters. The first-order chi connectivity index (χ1) is 6.40. The Balaban J connectivity index is 1.75. The average Bonchev–Trinajstić information content (AvgIpc) is 2.95. The lowest BCUT2D eigenvalue weighted by molar-refractivity contribution is 0.261. The summed E-state index contributed by atoms with van der Waals surface area (Å²) < 4.78 is 10.7. The van der Waals surface area contributed by atoms with Gasteiger partial charge < -0.3 is 9.47 Å². The second-order valence-corrected chi connectivity index (χ2v) is 3.30. The Morgan fingerprint density at radius 1 is 1.23 bits per heavy atom. The Morgan fingerprint density at radius 2 is 2.00 bits per heavy atom. The topological polar surface area (TPSA) is 21.8 Å². The van der Waals surface area contributed by atoms with Gasteiger partial charge in [0.2, 0.25) is 0 Å². The third-order valence-corrected chi connectivity index (χ3v) is 2.30. The Hall–Kier alpha value is -0.730. The molecule has 0 spiro atoms. The normalized spacial score (nSPS) is 25.6. The molecule has 0 amide bonds. The zero-order valence-corrected chi connectivity index (χ0v) is 7.91. The molecule has 1 aromatic rings. The smallest absolute Gasteiger partial charge is 0.119 e. The van der Waals surface area contributed by atoms with Crippen LogP contribution in [-0.4, -0.2) is 24.7 Å². The first kappa shape index (κ1) is 8.85. The molecule has 2 nitrogen and oxygen atoms in total. The molecule has 0 aliphatic carbocycles. The molecule has 1 fully saturated rings. The Labute approximate surface area is 82.4 Å². The number of epoxide rings is 1. The first-order valence-corrected chi connectivity index (χ1v) is 4.83. The molecule has 1 aromatic carbocycles. The number of alkyl halides is 1. The molecule has 2 rings (SSSR count). The van der Waals surface area contributed by atoms with Gasteiger partial charge in [0, 0.05) is 0 Å². The van der Waals surface area contributed by atoms with Crippen LogP contribution in [-0.2, 0) is 4.74 Å². The fourth-order valence-electron chi connectivity index (χ4n) is 1.16. The number of halogens is 1. The van der Waals surface area contributed by atoms with Gasteiger partial charge in [0.25, 0.3) is 0 Å². The zero-order chi connectivity index (χ0) is 9.10. The van der Waals surface area contributed by atoms with E-state index in [1.54, 1.807) is 0 Å². The molecule has 0 N–H and O–H groups in total. The van der Waals surface area contributed by atoms with Gasteiger partial charge in [-0.3, -0.25) is 0 Å². The minimum absolute atomic E-state index is 0.192. The molecule has 1 saturated heterocycles. The van der Waals surface area contributed by atoms with E-state index in [1.165, 1.54) is 0 Å². The number of hydrogen-bond donors (Lipinski definition) is 0. The fourth-order valence-corrected chi connectivity index (χ4v) is 1.43. The molecule has 0 radical (unpaired) electrons. The predicted octanol–water partition coefficient (Wildman–Crippen LogP) is 2.07. The van der Waals surface area contributed by atoms with E-state index in [9.17, 15) is 0 Å². The molecule has 2 atom stereocenters.